The lowest BCUT2D eigenvalue weighted by atomic mass is 10.1. The Morgan fingerprint density at radius 3 is 2.64 bits per heavy atom. The van der Waals surface area contributed by atoms with Gasteiger partial charge in [0.2, 0.25) is 12.5 Å². The SMILES string of the molecule is COc1cc(C(=O)/C(Br)=C\c2cc(OC)c3c(c2)OCO3)ccc1N. The van der Waals surface area contributed by atoms with Crippen LogP contribution in [-0.2, 0) is 0 Å². The molecule has 0 saturated heterocycles. The van der Waals surface area contributed by atoms with E-state index in [1.54, 1.807) is 43.5 Å². The number of rotatable bonds is 5. The number of nitrogens with two attached hydrogens (primary N) is 1. The minimum absolute atomic E-state index is 0.143. The van der Waals surface area contributed by atoms with Gasteiger partial charge in [-0.15, -0.1) is 0 Å². The predicted molar refractivity (Wildman–Crippen MR) is 97.8 cm³/mol. The normalized spacial score (nSPS) is 12.8. The Hall–Kier alpha value is -2.67. The summed E-state index contributed by atoms with van der Waals surface area (Å²) >= 11 is 3.34. The van der Waals surface area contributed by atoms with Crippen LogP contribution in [0.3, 0.4) is 0 Å². The number of methoxy groups -OCH3 is 2. The highest BCUT2D eigenvalue weighted by atomic mass is 79.9. The second-order valence-corrected chi connectivity index (χ2v) is 6.09. The van der Waals surface area contributed by atoms with Gasteiger partial charge in [-0.3, -0.25) is 4.79 Å². The number of Topliss-reactive ketones (excluding diaryl/α,β-unsaturated/α-hetero) is 1. The van der Waals surface area contributed by atoms with Gasteiger partial charge in [0.1, 0.15) is 5.75 Å². The van der Waals surface area contributed by atoms with E-state index in [-0.39, 0.29) is 12.6 Å². The van der Waals surface area contributed by atoms with Crippen LogP contribution in [-0.4, -0.2) is 26.8 Å². The summed E-state index contributed by atoms with van der Waals surface area (Å²) in [6.07, 6.45) is 1.69. The fourth-order valence-electron chi connectivity index (χ4n) is 2.44. The Morgan fingerprint density at radius 1 is 1.16 bits per heavy atom. The van der Waals surface area contributed by atoms with Crippen LogP contribution in [0.5, 0.6) is 23.0 Å². The maximum absolute atomic E-state index is 12.6. The Labute approximate surface area is 153 Å². The molecular weight excluding hydrogens is 390 g/mol. The van der Waals surface area contributed by atoms with E-state index in [2.05, 4.69) is 15.9 Å². The zero-order valence-electron chi connectivity index (χ0n) is 13.7. The average molecular weight is 406 g/mol. The van der Waals surface area contributed by atoms with E-state index in [0.29, 0.717) is 38.7 Å². The van der Waals surface area contributed by atoms with Crippen molar-refractivity contribution in [1.29, 1.82) is 0 Å². The number of carbonyl (C=O) groups is 1. The highest BCUT2D eigenvalue weighted by Crippen LogP contribution is 2.42. The van der Waals surface area contributed by atoms with E-state index in [4.69, 9.17) is 24.7 Å². The zero-order chi connectivity index (χ0) is 18.0. The van der Waals surface area contributed by atoms with Crippen molar-refractivity contribution in [3.8, 4) is 23.0 Å². The van der Waals surface area contributed by atoms with E-state index in [9.17, 15) is 4.79 Å². The molecule has 0 atom stereocenters. The quantitative estimate of drug-likeness (QED) is 0.464. The highest BCUT2D eigenvalue weighted by molar-refractivity contribution is 9.12. The molecule has 0 saturated carbocycles. The van der Waals surface area contributed by atoms with Gasteiger partial charge in [0.15, 0.2) is 17.3 Å². The molecule has 1 heterocycles. The zero-order valence-corrected chi connectivity index (χ0v) is 15.3. The van der Waals surface area contributed by atoms with Gasteiger partial charge in [-0.2, -0.15) is 0 Å². The number of carbonyl (C=O) groups excluding carboxylic acids is 1. The molecule has 0 fully saturated rings. The van der Waals surface area contributed by atoms with Crippen LogP contribution in [0.1, 0.15) is 15.9 Å². The van der Waals surface area contributed by atoms with Crippen LogP contribution in [0.4, 0.5) is 5.69 Å². The number of benzene rings is 2. The van der Waals surface area contributed by atoms with Crippen molar-refractivity contribution in [3.63, 3.8) is 0 Å². The van der Waals surface area contributed by atoms with Crippen molar-refractivity contribution in [1.82, 2.24) is 0 Å². The summed E-state index contributed by atoms with van der Waals surface area (Å²) in [4.78, 5) is 12.6. The monoisotopic (exact) mass is 405 g/mol. The fourth-order valence-corrected chi connectivity index (χ4v) is 2.93. The molecule has 25 heavy (non-hydrogen) atoms. The molecular formula is C18H16BrNO5. The van der Waals surface area contributed by atoms with Crippen molar-refractivity contribution < 1.29 is 23.7 Å². The van der Waals surface area contributed by atoms with Gasteiger partial charge in [-0.05, 0) is 57.9 Å². The van der Waals surface area contributed by atoms with Gasteiger partial charge < -0.3 is 24.7 Å². The largest absolute Gasteiger partial charge is 0.495 e. The lowest BCUT2D eigenvalue weighted by molar-refractivity contribution is 0.104. The molecule has 3 rings (SSSR count). The first-order valence-electron chi connectivity index (χ1n) is 7.36. The van der Waals surface area contributed by atoms with Gasteiger partial charge in [-0.1, -0.05) is 0 Å². The summed E-state index contributed by atoms with van der Waals surface area (Å²) in [5.74, 6) is 1.94. The number of anilines is 1. The van der Waals surface area contributed by atoms with Crippen LogP contribution in [0, 0.1) is 0 Å². The topological polar surface area (TPSA) is 80.0 Å². The Morgan fingerprint density at radius 2 is 1.92 bits per heavy atom. The smallest absolute Gasteiger partial charge is 0.231 e. The number of allylic oxidation sites excluding steroid dienone is 1. The molecule has 0 unspecified atom stereocenters. The number of ether oxygens (including phenoxy) is 4. The maximum Gasteiger partial charge on any atom is 0.231 e. The number of nitrogen functional groups attached to an aromatic ring is 1. The maximum atomic E-state index is 12.6. The molecule has 130 valence electrons. The number of hydrogen-bond donors (Lipinski definition) is 1. The van der Waals surface area contributed by atoms with Gasteiger partial charge in [0, 0.05) is 5.56 Å². The summed E-state index contributed by atoms with van der Waals surface area (Å²) in [5.41, 5.74) is 7.45. The Bertz CT molecular complexity index is 863. The molecule has 1 aliphatic heterocycles. The van der Waals surface area contributed by atoms with Crippen molar-refractivity contribution in [2.75, 3.05) is 26.7 Å². The molecule has 0 spiro atoms. The molecule has 0 amide bonds. The third-order valence-electron chi connectivity index (χ3n) is 3.69. The van der Waals surface area contributed by atoms with Crippen molar-refractivity contribution in [2.45, 2.75) is 0 Å². The lowest BCUT2D eigenvalue weighted by Crippen LogP contribution is -2.01. The standard InChI is InChI=1S/C18H16BrNO5/c1-22-14-8-11(3-4-13(14)20)17(21)12(19)5-10-6-15(23-2)18-16(7-10)24-9-25-18/h3-8H,9,20H2,1-2H3/b12-5+. The van der Waals surface area contributed by atoms with Crippen LogP contribution < -0.4 is 24.7 Å². The first kappa shape index (κ1) is 17.2. The molecule has 1 aliphatic rings. The lowest BCUT2D eigenvalue weighted by Gasteiger charge is -2.08. The number of ketones is 1. The van der Waals surface area contributed by atoms with Gasteiger partial charge in [0.05, 0.1) is 24.4 Å². The average Bonchev–Trinajstić information content (AvgIpc) is 3.09. The summed E-state index contributed by atoms with van der Waals surface area (Å²) < 4.78 is 21.6. The van der Waals surface area contributed by atoms with Crippen LogP contribution in [0.25, 0.3) is 6.08 Å². The highest BCUT2D eigenvalue weighted by Gasteiger charge is 2.20. The molecule has 0 aliphatic carbocycles. The molecule has 0 radical (unpaired) electrons. The van der Waals surface area contributed by atoms with Crippen molar-refractivity contribution in [3.05, 3.63) is 45.9 Å². The van der Waals surface area contributed by atoms with Crippen molar-refractivity contribution >= 4 is 33.5 Å². The first-order chi connectivity index (χ1) is 12.0. The molecule has 7 heteroatoms. The van der Waals surface area contributed by atoms with E-state index < -0.39 is 0 Å². The van der Waals surface area contributed by atoms with E-state index in [1.165, 1.54) is 7.11 Å². The number of fused-ring (bicyclic) bond motifs is 1. The van der Waals surface area contributed by atoms with Crippen molar-refractivity contribution in [2.24, 2.45) is 0 Å². The minimum atomic E-state index is -0.199. The summed E-state index contributed by atoms with van der Waals surface area (Å²) in [6.45, 7) is 0.143. The van der Waals surface area contributed by atoms with E-state index in [0.717, 1.165) is 5.56 Å². The van der Waals surface area contributed by atoms with Gasteiger partial charge in [-0.25, -0.2) is 0 Å². The number of halogens is 1. The second kappa shape index (κ2) is 7.06. The third kappa shape index (κ3) is 3.41. The molecule has 2 aromatic rings. The van der Waals surface area contributed by atoms with Crippen LogP contribution in [0.2, 0.25) is 0 Å². The van der Waals surface area contributed by atoms with E-state index >= 15 is 0 Å². The molecule has 2 N–H and O–H groups in total. The second-order valence-electron chi connectivity index (χ2n) is 5.24. The molecule has 0 bridgehead atoms. The fraction of sp³-hybridized carbons (Fsp3) is 0.167. The van der Waals surface area contributed by atoms with E-state index in [1.807, 2.05) is 0 Å². The number of hydrogen-bond acceptors (Lipinski definition) is 6. The minimum Gasteiger partial charge on any atom is -0.495 e. The molecule has 2 aromatic carbocycles. The predicted octanol–water partition coefficient (Wildman–Crippen LogP) is 3.63. The Balaban J connectivity index is 1.92. The van der Waals surface area contributed by atoms with Gasteiger partial charge >= 0.3 is 0 Å². The summed E-state index contributed by atoms with van der Waals surface area (Å²) in [5, 5.41) is 0. The summed E-state index contributed by atoms with van der Waals surface area (Å²) in [6, 6.07) is 8.44. The third-order valence-corrected chi connectivity index (χ3v) is 4.28. The molecule has 0 aromatic heterocycles. The first-order valence-corrected chi connectivity index (χ1v) is 8.16. The van der Waals surface area contributed by atoms with Crippen LogP contribution in [0.15, 0.2) is 34.8 Å². The Kier molecular flexibility index (Phi) is 4.85. The van der Waals surface area contributed by atoms with Crippen LogP contribution >= 0.6 is 15.9 Å². The summed E-state index contributed by atoms with van der Waals surface area (Å²) in [7, 11) is 3.05. The van der Waals surface area contributed by atoms with Gasteiger partial charge in [0.25, 0.3) is 0 Å². The molecule has 6 nitrogen and oxygen atoms in total.